The summed E-state index contributed by atoms with van der Waals surface area (Å²) in [5.74, 6) is -0.701. The van der Waals surface area contributed by atoms with Crippen LogP contribution in [0, 0.1) is 5.92 Å². The molecule has 4 nitrogen and oxygen atoms in total. The molecule has 8 heteroatoms. The van der Waals surface area contributed by atoms with Crippen molar-refractivity contribution < 1.29 is 22.7 Å². The van der Waals surface area contributed by atoms with E-state index in [0.717, 1.165) is 18.6 Å². The van der Waals surface area contributed by atoms with Crippen LogP contribution in [0.2, 0.25) is 0 Å². The van der Waals surface area contributed by atoms with Crippen molar-refractivity contribution >= 4 is 24.0 Å². The van der Waals surface area contributed by atoms with Crippen LogP contribution in [0.3, 0.4) is 0 Å². The Balaban J connectivity index is 0.00000400. The van der Waals surface area contributed by atoms with Gasteiger partial charge in [-0.3, -0.25) is 4.79 Å². The molecule has 0 saturated heterocycles. The number of amides is 1. The van der Waals surface area contributed by atoms with Gasteiger partial charge in [-0.2, -0.15) is 0 Å². The summed E-state index contributed by atoms with van der Waals surface area (Å²) >= 11 is 0. The molecule has 2 unspecified atom stereocenters. The zero-order valence-corrected chi connectivity index (χ0v) is 12.4. The number of rotatable bonds is 5. The van der Waals surface area contributed by atoms with Crippen LogP contribution in [0.5, 0.6) is 5.75 Å². The Morgan fingerprint density at radius 1 is 1.33 bits per heavy atom. The zero-order chi connectivity index (χ0) is 15.3. The van der Waals surface area contributed by atoms with Crippen molar-refractivity contribution in [3.63, 3.8) is 0 Å². The molecule has 0 aliphatic rings. The molecule has 3 N–H and O–H groups in total. The molecule has 1 aromatic carbocycles. The topological polar surface area (TPSA) is 64.4 Å². The van der Waals surface area contributed by atoms with Crippen molar-refractivity contribution in [1.82, 2.24) is 0 Å². The number of nitrogens with two attached hydrogens (primary N) is 1. The maximum atomic E-state index is 12.0. The summed E-state index contributed by atoms with van der Waals surface area (Å²) in [4.78, 5) is 11.8. The second-order valence-electron chi connectivity index (χ2n) is 4.47. The maximum absolute atomic E-state index is 12.0. The normalized spacial score (nSPS) is 13.8. The van der Waals surface area contributed by atoms with E-state index in [-0.39, 0.29) is 30.0 Å². The minimum Gasteiger partial charge on any atom is -0.406 e. The summed E-state index contributed by atoms with van der Waals surface area (Å²) in [6.07, 6.45) is -3.98. The number of alkyl halides is 3. The van der Waals surface area contributed by atoms with E-state index in [9.17, 15) is 18.0 Å². The number of hydrogen-bond donors (Lipinski definition) is 2. The molecule has 1 aromatic rings. The zero-order valence-electron chi connectivity index (χ0n) is 11.6. The summed E-state index contributed by atoms with van der Waals surface area (Å²) in [5.41, 5.74) is 6.11. The Hall–Kier alpha value is -1.47. The van der Waals surface area contributed by atoms with Gasteiger partial charge in [-0.1, -0.05) is 20.3 Å². The second kappa shape index (κ2) is 8.09. The van der Waals surface area contributed by atoms with Crippen molar-refractivity contribution in [2.45, 2.75) is 32.7 Å². The summed E-state index contributed by atoms with van der Waals surface area (Å²) in [6, 6.07) is 4.23. The van der Waals surface area contributed by atoms with Crippen LogP contribution in [0.25, 0.3) is 0 Å². The van der Waals surface area contributed by atoms with Gasteiger partial charge in [0.05, 0.1) is 6.04 Å². The van der Waals surface area contributed by atoms with E-state index in [2.05, 4.69) is 10.1 Å². The fourth-order valence-corrected chi connectivity index (χ4v) is 1.48. The average Bonchev–Trinajstić information content (AvgIpc) is 2.37. The molecule has 21 heavy (non-hydrogen) atoms. The van der Waals surface area contributed by atoms with Gasteiger partial charge in [0.25, 0.3) is 0 Å². The highest BCUT2D eigenvalue weighted by Gasteiger charge is 2.31. The largest absolute Gasteiger partial charge is 0.573 e. The number of anilines is 1. The number of benzene rings is 1. The highest BCUT2D eigenvalue weighted by Crippen LogP contribution is 2.24. The Morgan fingerprint density at radius 2 is 1.86 bits per heavy atom. The highest BCUT2D eigenvalue weighted by molar-refractivity contribution is 5.94. The molecule has 0 radical (unpaired) electrons. The minimum absolute atomic E-state index is 0. The van der Waals surface area contributed by atoms with E-state index < -0.39 is 12.4 Å². The Morgan fingerprint density at radius 3 is 2.29 bits per heavy atom. The van der Waals surface area contributed by atoms with E-state index in [0.29, 0.717) is 5.69 Å². The molecule has 1 rings (SSSR count). The third-order valence-corrected chi connectivity index (χ3v) is 2.92. The van der Waals surface area contributed by atoms with Gasteiger partial charge < -0.3 is 15.8 Å². The number of carbonyl (C=O) groups excluding carboxylic acids is 1. The van der Waals surface area contributed by atoms with Crippen LogP contribution in [-0.2, 0) is 4.79 Å². The smallest absolute Gasteiger partial charge is 0.406 e. The number of carbonyl (C=O) groups is 1. The number of hydrogen-bond acceptors (Lipinski definition) is 3. The molecule has 0 bridgehead atoms. The Bertz CT molecular complexity index is 452. The summed E-state index contributed by atoms with van der Waals surface area (Å²) in [6.45, 7) is 3.77. The first-order chi connectivity index (χ1) is 9.23. The molecule has 0 spiro atoms. The lowest BCUT2D eigenvalue weighted by Gasteiger charge is -2.17. The third-order valence-electron chi connectivity index (χ3n) is 2.92. The maximum Gasteiger partial charge on any atom is 0.573 e. The van der Waals surface area contributed by atoms with Gasteiger partial charge in [-0.05, 0) is 30.2 Å². The predicted molar refractivity (Wildman–Crippen MR) is 76.4 cm³/mol. The molecule has 0 heterocycles. The monoisotopic (exact) mass is 326 g/mol. The molecule has 0 aliphatic carbocycles. The van der Waals surface area contributed by atoms with Gasteiger partial charge in [-0.25, -0.2) is 0 Å². The average molecular weight is 327 g/mol. The van der Waals surface area contributed by atoms with Gasteiger partial charge >= 0.3 is 6.36 Å². The van der Waals surface area contributed by atoms with Gasteiger partial charge in [0.1, 0.15) is 5.75 Å². The third kappa shape index (κ3) is 6.68. The summed E-state index contributed by atoms with van der Waals surface area (Å²) in [5, 5.41) is 2.55. The van der Waals surface area contributed by atoms with E-state index in [4.69, 9.17) is 5.73 Å². The van der Waals surface area contributed by atoms with Crippen molar-refractivity contribution in [3.05, 3.63) is 24.3 Å². The van der Waals surface area contributed by atoms with Gasteiger partial charge in [0, 0.05) is 5.69 Å². The van der Waals surface area contributed by atoms with E-state index in [1.54, 1.807) is 0 Å². The quantitative estimate of drug-likeness (QED) is 0.872. The van der Waals surface area contributed by atoms with Crippen molar-refractivity contribution in [1.29, 1.82) is 0 Å². The summed E-state index contributed by atoms with van der Waals surface area (Å²) in [7, 11) is 0. The molecular formula is C13H18ClF3N2O2. The number of ether oxygens (including phenoxy) is 1. The molecule has 2 atom stereocenters. The van der Waals surface area contributed by atoms with Crippen molar-refractivity contribution in [2.24, 2.45) is 11.7 Å². The first-order valence-electron chi connectivity index (χ1n) is 6.15. The van der Waals surface area contributed by atoms with Gasteiger partial charge in [0.2, 0.25) is 5.91 Å². The van der Waals surface area contributed by atoms with Crippen LogP contribution in [0.1, 0.15) is 20.3 Å². The van der Waals surface area contributed by atoms with Crippen LogP contribution < -0.4 is 15.8 Å². The molecule has 1 amide bonds. The molecule has 120 valence electrons. The fourth-order valence-electron chi connectivity index (χ4n) is 1.48. The van der Waals surface area contributed by atoms with E-state index >= 15 is 0 Å². The standard InChI is InChI=1S/C13H17F3N2O2.ClH/c1-3-8(2)11(17)12(19)18-9-4-6-10(7-5-9)20-13(14,15)16;/h4-8,11H,3,17H2,1-2H3,(H,18,19);1H. The Kier molecular flexibility index (Phi) is 7.52. The van der Waals surface area contributed by atoms with Gasteiger partial charge in [0.15, 0.2) is 0 Å². The fraction of sp³-hybridized carbons (Fsp3) is 0.462. The Labute approximate surface area is 127 Å². The van der Waals surface area contributed by atoms with Crippen LogP contribution in [-0.4, -0.2) is 18.3 Å². The number of nitrogens with one attached hydrogen (secondary N) is 1. The lowest BCUT2D eigenvalue weighted by Crippen LogP contribution is -2.40. The minimum atomic E-state index is -4.73. The lowest BCUT2D eigenvalue weighted by molar-refractivity contribution is -0.274. The molecular weight excluding hydrogens is 309 g/mol. The summed E-state index contributed by atoms with van der Waals surface area (Å²) < 4.78 is 39.7. The first kappa shape index (κ1) is 19.5. The predicted octanol–water partition coefficient (Wildman–Crippen LogP) is 3.32. The first-order valence-corrected chi connectivity index (χ1v) is 6.15. The van der Waals surface area contributed by atoms with Crippen LogP contribution in [0.4, 0.5) is 18.9 Å². The van der Waals surface area contributed by atoms with Crippen molar-refractivity contribution in [2.75, 3.05) is 5.32 Å². The highest BCUT2D eigenvalue weighted by atomic mass is 35.5. The van der Waals surface area contributed by atoms with Crippen LogP contribution >= 0.6 is 12.4 Å². The van der Waals surface area contributed by atoms with Gasteiger partial charge in [-0.15, -0.1) is 25.6 Å². The van der Waals surface area contributed by atoms with Crippen molar-refractivity contribution in [3.8, 4) is 5.75 Å². The molecule has 0 aromatic heterocycles. The van der Waals surface area contributed by atoms with Crippen LogP contribution in [0.15, 0.2) is 24.3 Å². The molecule has 0 aliphatic heterocycles. The van der Waals surface area contributed by atoms with E-state index in [1.807, 2.05) is 13.8 Å². The SMILES string of the molecule is CCC(C)C(N)C(=O)Nc1ccc(OC(F)(F)F)cc1.Cl. The second-order valence-corrected chi connectivity index (χ2v) is 4.47. The number of halogens is 4. The molecule has 0 fully saturated rings. The molecule has 0 saturated carbocycles. The lowest BCUT2D eigenvalue weighted by atomic mass is 9.99. The van der Waals surface area contributed by atoms with E-state index in [1.165, 1.54) is 12.1 Å².